The van der Waals surface area contributed by atoms with Crippen LogP contribution in [0.4, 0.5) is 0 Å². The van der Waals surface area contributed by atoms with Gasteiger partial charge >= 0.3 is 0 Å². The van der Waals surface area contributed by atoms with Gasteiger partial charge in [0.1, 0.15) is 5.76 Å². The van der Waals surface area contributed by atoms with Crippen molar-refractivity contribution in [2.75, 3.05) is 20.3 Å². The minimum Gasteiger partial charge on any atom is -0.361 e. The van der Waals surface area contributed by atoms with Crippen molar-refractivity contribution >= 4 is 5.78 Å². The molecule has 1 unspecified atom stereocenters. The van der Waals surface area contributed by atoms with Crippen LogP contribution in [0.25, 0.3) is 0 Å². The van der Waals surface area contributed by atoms with E-state index in [1.807, 2.05) is 19.9 Å². The molecule has 0 aromatic carbocycles. The zero-order chi connectivity index (χ0) is 21.1. The van der Waals surface area contributed by atoms with Crippen LogP contribution in [-0.4, -0.2) is 54.0 Å². The van der Waals surface area contributed by atoms with Gasteiger partial charge in [0, 0.05) is 24.1 Å². The van der Waals surface area contributed by atoms with Gasteiger partial charge < -0.3 is 14.0 Å². The highest BCUT2D eigenvalue weighted by Gasteiger charge is 2.37. The van der Waals surface area contributed by atoms with Crippen LogP contribution in [-0.2, 0) is 26.1 Å². The molecule has 1 saturated carbocycles. The molecule has 6 nitrogen and oxygen atoms in total. The minimum atomic E-state index is -0.515. The van der Waals surface area contributed by atoms with Crippen LogP contribution in [0.5, 0.6) is 0 Å². The summed E-state index contributed by atoms with van der Waals surface area (Å²) in [4.78, 5) is 15.3. The molecule has 29 heavy (non-hydrogen) atoms. The van der Waals surface area contributed by atoms with Crippen molar-refractivity contribution in [3.8, 4) is 0 Å². The second kappa shape index (κ2) is 9.27. The average molecular weight is 407 g/mol. The molecule has 1 aromatic heterocycles. The van der Waals surface area contributed by atoms with Crippen LogP contribution < -0.4 is 0 Å². The first kappa shape index (κ1) is 22.4. The second-order valence-corrected chi connectivity index (χ2v) is 9.88. The van der Waals surface area contributed by atoms with Gasteiger partial charge in [0.05, 0.1) is 24.3 Å². The topological polar surface area (TPSA) is 64.8 Å². The summed E-state index contributed by atoms with van der Waals surface area (Å²) in [6, 6.07) is 2.41. The minimum absolute atomic E-state index is 0.122. The van der Waals surface area contributed by atoms with Crippen molar-refractivity contribution in [1.82, 2.24) is 10.1 Å². The van der Waals surface area contributed by atoms with E-state index in [0.717, 1.165) is 31.6 Å². The van der Waals surface area contributed by atoms with Crippen molar-refractivity contribution < 1.29 is 18.8 Å². The standard InChI is InChI=1S/C23H38N2O4/c1-22(2,16-28-21-12-8-9-13-27-21)19-14-18(29-24-19)15-20(26)23(3,4)25(5)17-10-6-7-11-17/h14,17,21H,6-13,15-16H2,1-5H3. The highest BCUT2D eigenvalue weighted by atomic mass is 16.7. The monoisotopic (exact) mass is 406 g/mol. The predicted molar refractivity (Wildman–Crippen MR) is 112 cm³/mol. The molecule has 3 rings (SSSR count). The van der Waals surface area contributed by atoms with Crippen molar-refractivity contribution in [3.63, 3.8) is 0 Å². The maximum Gasteiger partial charge on any atom is 0.160 e. The van der Waals surface area contributed by atoms with E-state index in [0.29, 0.717) is 18.4 Å². The third-order valence-corrected chi connectivity index (χ3v) is 6.79. The van der Waals surface area contributed by atoms with Gasteiger partial charge in [-0.15, -0.1) is 0 Å². The van der Waals surface area contributed by atoms with E-state index in [-0.39, 0.29) is 23.9 Å². The molecule has 0 N–H and O–H groups in total. The van der Waals surface area contributed by atoms with E-state index in [4.69, 9.17) is 14.0 Å². The first-order chi connectivity index (χ1) is 13.7. The molecule has 0 amide bonds. The van der Waals surface area contributed by atoms with Gasteiger partial charge in [0.25, 0.3) is 0 Å². The Morgan fingerprint density at radius 3 is 2.52 bits per heavy atom. The molecular weight excluding hydrogens is 368 g/mol. The van der Waals surface area contributed by atoms with E-state index in [2.05, 4.69) is 31.0 Å². The summed E-state index contributed by atoms with van der Waals surface area (Å²) in [5.74, 6) is 0.791. The number of ether oxygens (including phenoxy) is 2. The zero-order valence-electron chi connectivity index (χ0n) is 18.8. The molecule has 1 aliphatic heterocycles. The van der Waals surface area contributed by atoms with Crippen molar-refractivity contribution in [2.45, 2.75) is 102 Å². The van der Waals surface area contributed by atoms with Crippen LogP contribution in [0.2, 0.25) is 0 Å². The Morgan fingerprint density at radius 2 is 1.86 bits per heavy atom. The number of carbonyl (C=O) groups is 1. The van der Waals surface area contributed by atoms with E-state index >= 15 is 0 Å². The summed E-state index contributed by atoms with van der Waals surface area (Å²) < 4.78 is 17.1. The van der Waals surface area contributed by atoms with E-state index < -0.39 is 5.54 Å². The molecular formula is C23H38N2O4. The zero-order valence-corrected chi connectivity index (χ0v) is 18.8. The fourth-order valence-electron chi connectivity index (χ4n) is 4.25. The van der Waals surface area contributed by atoms with Crippen LogP contribution in [0.15, 0.2) is 10.6 Å². The third kappa shape index (κ3) is 5.47. The summed E-state index contributed by atoms with van der Waals surface area (Å²) >= 11 is 0. The Balaban J connectivity index is 1.57. The summed E-state index contributed by atoms with van der Waals surface area (Å²) in [5.41, 5.74) is -0.00113. The molecule has 164 valence electrons. The first-order valence-electron chi connectivity index (χ1n) is 11.2. The molecule has 2 fully saturated rings. The lowest BCUT2D eigenvalue weighted by Gasteiger charge is -2.38. The van der Waals surface area contributed by atoms with E-state index in [1.54, 1.807) is 0 Å². The Kier molecular flexibility index (Phi) is 7.18. The van der Waals surface area contributed by atoms with Crippen LogP contribution in [0.3, 0.4) is 0 Å². The first-order valence-corrected chi connectivity index (χ1v) is 11.2. The van der Waals surface area contributed by atoms with Gasteiger partial charge in [0.15, 0.2) is 12.1 Å². The van der Waals surface area contributed by atoms with Crippen molar-refractivity contribution in [2.24, 2.45) is 0 Å². The van der Waals surface area contributed by atoms with Crippen LogP contribution >= 0.6 is 0 Å². The largest absolute Gasteiger partial charge is 0.361 e. The number of Topliss-reactive ketones (excluding diaryl/α,β-unsaturated/α-hetero) is 1. The molecule has 1 saturated heterocycles. The number of ketones is 1. The Bertz CT molecular complexity index is 670. The quantitative estimate of drug-likeness (QED) is 0.610. The number of likely N-dealkylation sites (N-methyl/N-ethyl adjacent to an activating group) is 1. The number of carbonyl (C=O) groups excluding carboxylic acids is 1. The smallest absolute Gasteiger partial charge is 0.160 e. The van der Waals surface area contributed by atoms with Crippen LogP contribution in [0.1, 0.15) is 84.1 Å². The molecule has 1 aliphatic carbocycles. The van der Waals surface area contributed by atoms with Gasteiger partial charge in [-0.2, -0.15) is 0 Å². The fourth-order valence-corrected chi connectivity index (χ4v) is 4.25. The van der Waals surface area contributed by atoms with Crippen molar-refractivity contribution in [3.05, 3.63) is 17.5 Å². The third-order valence-electron chi connectivity index (χ3n) is 6.79. The Labute approximate surface area is 175 Å². The predicted octanol–water partition coefficient (Wildman–Crippen LogP) is 4.26. The van der Waals surface area contributed by atoms with Gasteiger partial charge in [-0.1, -0.05) is 31.8 Å². The number of hydrogen-bond acceptors (Lipinski definition) is 6. The molecule has 1 aromatic rings. The molecule has 2 heterocycles. The highest BCUT2D eigenvalue weighted by molar-refractivity contribution is 5.89. The number of hydrogen-bond donors (Lipinski definition) is 0. The van der Waals surface area contributed by atoms with Crippen molar-refractivity contribution in [1.29, 1.82) is 0 Å². The fraction of sp³-hybridized carbons (Fsp3) is 0.826. The molecule has 0 radical (unpaired) electrons. The lowest BCUT2D eigenvalue weighted by atomic mass is 9.89. The highest BCUT2D eigenvalue weighted by Crippen LogP contribution is 2.30. The van der Waals surface area contributed by atoms with E-state index in [9.17, 15) is 4.79 Å². The Morgan fingerprint density at radius 1 is 1.17 bits per heavy atom. The lowest BCUT2D eigenvalue weighted by Crippen LogP contribution is -2.52. The van der Waals surface area contributed by atoms with Gasteiger partial charge in [-0.25, -0.2) is 0 Å². The maximum absolute atomic E-state index is 13.1. The van der Waals surface area contributed by atoms with Gasteiger partial charge in [-0.05, 0) is 53.0 Å². The molecule has 1 atom stereocenters. The normalized spacial score (nSPS) is 21.8. The van der Waals surface area contributed by atoms with Gasteiger partial charge in [0.2, 0.25) is 0 Å². The van der Waals surface area contributed by atoms with Gasteiger partial charge in [-0.3, -0.25) is 9.69 Å². The number of rotatable bonds is 9. The average Bonchev–Trinajstić information content (AvgIpc) is 3.39. The molecule has 0 bridgehead atoms. The number of nitrogens with zero attached hydrogens (tertiary/aromatic N) is 2. The summed E-state index contributed by atoms with van der Waals surface area (Å²) in [6.45, 7) is 9.48. The molecule has 6 heteroatoms. The molecule has 2 aliphatic rings. The second-order valence-electron chi connectivity index (χ2n) is 9.88. The molecule has 0 spiro atoms. The van der Waals surface area contributed by atoms with E-state index in [1.165, 1.54) is 25.7 Å². The Hall–Kier alpha value is -1.24. The summed E-state index contributed by atoms with van der Waals surface area (Å²) in [7, 11) is 2.08. The summed E-state index contributed by atoms with van der Waals surface area (Å²) in [5, 5.41) is 4.25. The number of aromatic nitrogens is 1. The maximum atomic E-state index is 13.1. The summed E-state index contributed by atoms with van der Waals surface area (Å²) in [6.07, 6.45) is 8.21. The SMILES string of the molecule is CN(C1CCCC1)C(C)(C)C(=O)Cc1cc(C(C)(C)COC2CCCCO2)no1. The lowest BCUT2D eigenvalue weighted by molar-refractivity contribution is -0.170. The van der Waals surface area contributed by atoms with Crippen LogP contribution in [0, 0.1) is 0 Å².